The molecular formula is C19H17Cl2N5O4S. The number of non-ortho nitro benzene ring substituents is 1. The van der Waals surface area contributed by atoms with Gasteiger partial charge in [0.05, 0.1) is 15.7 Å². The molecule has 2 aromatic carbocycles. The van der Waals surface area contributed by atoms with Gasteiger partial charge in [-0.05, 0) is 31.2 Å². The van der Waals surface area contributed by atoms with E-state index in [2.05, 4.69) is 15.5 Å². The predicted octanol–water partition coefficient (Wildman–Crippen LogP) is 4.90. The zero-order valence-corrected chi connectivity index (χ0v) is 18.7. The Hall–Kier alpha value is -2.82. The first kappa shape index (κ1) is 22.9. The highest BCUT2D eigenvalue weighted by molar-refractivity contribution is 7.99. The van der Waals surface area contributed by atoms with E-state index in [0.717, 1.165) is 0 Å². The Morgan fingerprint density at radius 1 is 1.26 bits per heavy atom. The molecule has 1 atom stereocenters. The van der Waals surface area contributed by atoms with Gasteiger partial charge in [0.2, 0.25) is 5.91 Å². The summed E-state index contributed by atoms with van der Waals surface area (Å²) >= 11 is 13.3. The number of nitrogens with zero attached hydrogens (tertiary/aromatic N) is 4. The molecule has 1 unspecified atom stereocenters. The van der Waals surface area contributed by atoms with E-state index < -0.39 is 11.0 Å². The first-order chi connectivity index (χ1) is 14.7. The predicted molar refractivity (Wildman–Crippen MR) is 119 cm³/mol. The highest BCUT2D eigenvalue weighted by atomic mass is 35.5. The first-order valence-electron chi connectivity index (χ1n) is 8.92. The molecule has 1 heterocycles. The number of anilines is 1. The molecule has 0 aliphatic carbocycles. The molecule has 1 aromatic heterocycles. The van der Waals surface area contributed by atoms with Crippen LogP contribution in [0.2, 0.25) is 10.0 Å². The van der Waals surface area contributed by atoms with Crippen LogP contribution in [0.25, 0.3) is 0 Å². The van der Waals surface area contributed by atoms with Crippen LogP contribution in [0.5, 0.6) is 5.75 Å². The minimum Gasteiger partial charge on any atom is -0.481 e. The zero-order valence-electron chi connectivity index (χ0n) is 16.4. The summed E-state index contributed by atoms with van der Waals surface area (Å²) < 4.78 is 7.59. The molecule has 0 saturated heterocycles. The summed E-state index contributed by atoms with van der Waals surface area (Å²) in [6.45, 7) is 1.80. The fourth-order valence-electron chi connectivity index (χ4n) is 2.61. The second-order valence-corrected chi connectivity index (χ2v) is 8.16. The largest absolute Gasteiger partial charge is 0.481 e. The smallest absolute Gasteiger partial charge is 0.269 e. The average Bonchev–Trinajstić information content (AvgIpc) is 3.10. The van der Waals surface area contributed by atoms with E-state index in [-0.39, 0.29) is 17.3 Å². The molecule has 31 heavy (non-hydrogen) atoms. The van der Waals surface area contributed by atoms with Gasteiger partial charge < -0.3 is 14.6 Å². The quantitative estimate of drug-likeness (QED) is 0.276. The van der Waals surface area contributed by atoms with Crippen LogP contribution in [0.15, 0.2) is 47.6 Å². The van der Waals surface area contributed by atoms with Gasteiger partial charge in [-0.2, -0.15) is 0 Å². The molecule has 0 saturated carbocycles. The van der Waals surface area contributed by atoms with Crippen LogP contribution < -0.4 is 10.1 Å². The summed E-state index contributed by atoms with van der Waals surface area (Å²) in [7, 11) is 1.77. The monoisotopic (exact) mass is 481 g/mol. The van der Waals surface area contributed by atoms with Crippen molar-refractivity contribution < 1.29 is 14.5 Å². The van der Waals surface area contributed by atoms with Crippen LogP contribution in [0.1, 0.15) is 18.9 Å². The minimum atomic E-state index is -0.502. The van der Waals surface area contributed by atoms with Crippen molar-refractivity contribution in [2.24, 2.45) is 7.05 Å². The number of rotatable bonds is 8. The third-order valence-electron chi connectivity index (χ3n) is 4.12. The lowest BCUT2D eigenvalue weighted by atomic mass is 10.3. The van der Waals surface area contributed by atoms with Crippen LogP contribution >= 0.6 is 35.0 Å². The maximum atomic E-state index is 12.2. The van der Waals surface area contributed by atoms with Gasteiger partial charge in [-0.25, -0.2) is 0 Å². The normalized spacial score (nSPS) is 11.7. The Morgan fingerprint density at radius 2 is 1.97 bits per heavy atom. The molecule has 12 heteroatoms. The molecule has 0 fully saturated rings. The van der Waals surface area contributed by atoms with Gasteiger partial charge in [0, 0.05) is 36.0 Å². The topological polar surface area (TPSA) is 112 Å². The van der Waals surface area contributed by atoms with Crippen molar-refractivity contribution >= 4 is 52.2 Å². The van der Waals surface area contributed by atoms with E-state index in [9.17, 15) is 14.9 Å². The molecule has 9 nitrogen and oxygen atoms in total. The Kier molecular flexibility index (Phi) is 7.37. The van der Waals surface area contributed by atoms with E-state index in [1.54, 1.807) is 36.7 Å². The fraction of sp³-hybridized carbons (Fsp3) is 0.211. The van der Waals surface area contributed by atoms with E-state index in [4.69, 9.17) is 27.9 Å². The fourth-order valence-corrected chi connectivity index (χ4v) is 3.65. The standard InChI is InChI=1S/C19H17Cl2N5O4S/c1-11(30-16-9-12(20)3-8-15(16)21)18-23-24-19(25(18)2)31-10-17(27)22-13-4-6-14(7-5-13)26(28)29/h3-9,11H,10H2,1-2H3,(H,22,27). The van der Waals surface area contributed by atoms with Crippen LogP contribution in [-0.2, 0) is 11.8 Å². The molecule has 1 N–H and O–H groups in total. The number of carbonyl (C=O) groups is 1. The SMILES string of the molecule is CC(Oc1cc(Cl)ccc1Cl)c1nnc(SCC(=O)Nc2ccc([N+](=O)[O-])cc2)n1C. The molecule has 162 valence electrons. The van der Waals surface area contributed by atoms with E-state index >= 15 is 0 Å². The Morgan fingerprint density at radius 3 is 2.65 bits per heavy atom. The molecule has 1 amide bonds. The number of nitrogens with one attached hydrogen (secondary N) is 1. The van der Waals surface area contributed by atoms with Crippen LogP contribution in [0.4, 0.5) is 11.4 Å². The second-order valence-electron chi connectivity index (χ2n) is 6.38. The first-order valence-corrected chi connectivity index (χ1v) is 10.7. The van der Waals surface area contributed by atoms with Crippen molar-refractivity contribution in [2.75, 3.05) is 11.1 Å². The van der Waals surface area contributed by atoms with Gasteiger partial charge in [0.25, 0.3) is 5.69 Å². The van der Waals surface area contributed by atoms with E-state index in [1.807, 2.05) is 0 Å². The number of nitro groups is 1. The number of aromatic nitrogens is 3. The van der Waals surface area contributed by atoms with Crippen molar-refractivity contribution in [3.63, 3.8) is 0 Å². The molecule has 3 aromatic rings. The molecule has 0 aliphatic rings. The lowest BCUT2D eigenvalue weighted by molar-refractivity contribution is -0.384. The van der Waals surface area contributed by atoms with E-state index in [1.165, 1.54) is 36.0 Å². The molecular weight excluding hydrogens is 465 g/mol. The van der Waals surface area contributed by atoms with Gasteiger partial charge in [-0.15, -0.1) is 10.2 Å². The maximum absolute atomic E-state index is 12.2. The van der Waals surface area contributed by atoms with Crippen LogP contribution in [0.3, 0.4) is 0 Å². The lowest BCUT2D eigenvalue weighted by Crippen LogP contribution is -2.15. The van der Waals surface area contributed by atoms with Gasteiger partial charge in [-0.1, -0.05) is 35.0 Å². The molecule has 0 spiro atoms. The van der Waals surface area contributed by atoms with Gasteiger partial charge >= 0.3 is 0 Å². The average molecular weight is 482 g/mol. The Balaban J connectivity index is 1.58. The molecule has 0 radical (unpaired) electrons. The molecule has 3 rings (SSSR count). The Labute approximate surface area is 191 Å². The summed E-state index contributed by atoms with van der Waals surface area (Å²) in [6, 6.07) is 10.5. The maximum Gasteiger partial charge on any atom is 0.269 e. The van der Waals surface area contributed by atoms with Crippen molar-refractivity contribution in [2.45, 2.75) is 18.2 Å². The van der Waals surface area contributed by atoms with Crippen LogP contribution in [0, 0.1) is 10.1 Å². The number of ether oxygens (including phenoxy) is 1. The zero-order chi connectivity index (χ0) is 22.5. The Bertz CT molecular complexity index is 1110. The number of thioether (sulfide) groups is 1. The van der Waals surface area contributed by atoms with Crippen molar-refractivity contribution in [1.29, 1.82) is 0 Å². The number of hydrogen-bond acceptors (Lipinski definition) is 7. The van der Waals surface area contributed by atoms with E-state index in [0.29, 0.717) is 32.5 Å². The van der Waals surface area contributed by atoms with Gasteiger partial charge in [0.15, 0.2) is 17.1 Å². The van der Waals surface area contributed by atoms with Gasteiger partial charge in [0.1, 0.15) is 5.75 Å². The molecule has 0 bridgehead atoms. The van der Waals surface area contributed by atoms with Gasteiger partial charge in [-0.3, -0.25) is 14.9 Å². The lowest BCUT2D eigenvalue weighted by Gasteiger charge is -2.15. The number of carbonyl (C=O) groups excluding carboxylic acids is 1. The number of amides is 1. The van der Waals surface area contributed by atoms with Crippen molar-refractivity contribution in [1.82, 2.24) is 14.8 Å². The van der Waals surface area contributed by atoms with Crippen molar-refractivity contribution in [3.8, 4) is 5.75 Å². The summed E-state index contributed by atoms with van der Waals surface area (Å²) in [4.78, 5) is 22.4. The summed E-state index contributed by atoms with van der Waals surface area (Å²) in [5.74, 6) is 0.785. The molecule has 0 aliphatic heterocycles. The summed E-state index contributed by atoms with van der Waals surface area (Å²) in [6.07, 6.45) is -0.461. The highest BCUT2D eigenvalue weighted by Crippen LogP contribution is 2.31. The second kappa shape index (κ2) is 9.99. The number of benzene rings is 2. The van der Waals surface area contributed by atoms with Crippen molar-refractivity contribution in [3.05, 3.63) is 68.4 Å². The number of halogens is 2. The number of nitro benzene ring substituents is 1. The number of hydrogen-bond donors (Lipinski definition) is 1. The third-order valence-corrected chi connectivity index (χ3v) is 5.69. The third kappa shape index (κ3) is 5.87. The summed E-state index contributed by atoms with van der Waals surface area (Å²) in [5, 5.41) is 23.1. The minimum absolute atomic E-state index is 0.0469. The van der Waals surface area contributed by atoms with Crippen LogP contribution in [-0.4, -0.2) is 31.3 Å². The highest BCUT2D eigenvalue weighted by Gasteiger charge is 2.19. The summed E-state index contributed by atoms with van der Waals surface area (Å²) in [5.41, 5.74) is 0.421.